The van der Waals surface area contributed by atoms with E-state index >= 15 is 0 Å². The molecule has 3 rings (SSSR count). The molecule has 0 radical (unpaired) electrons. The van der Waals surface area contributed by atoms with Gasteiger partial charge in [0.15, 0.2) is 0 Å². The minimum Gasteiger partial charge on any atom is -0.381 e. The van der Waals surface area contributed by atoms with E-state index in [0.717, 1.165) is 22.2 Å². The summed E-state index contributed by atoms with van der Waals surface area (Å²) in [6.07, 6.45) is 1.77. The molecular formula is C15H14FN3. The van der Waals surface area contributed by atoms with Gasteiger partial charge in [0, 0.05) is 23.2 Å². The quantitative estimate of drug-likeness (QED) is 0.750. The molecule has 0 aliphatic carbocycles. The van der Waals surface area contributed by atoms with Crippen molar-refractivity contribution in [1.29, 1.82) is 0 Å². The van der Waals surface area contributed by atoms with Crippen LogP contribution in [0.2, 0.25) is 0 Å². The van der Waals surface area contributed by atoms with Crippen LogP contribution in [0.1, 0.15) is 11.1 Å². The third-order valence-electron chi connectivity index (χ3n) is 3.12. The first-order valence-electron chi connectivity index (χ1n) is 6.14. The molecule has 2 N–H and O–H groups in total. The summed E-state index contributed by atoms with van der Waals surface area (Å²) in [5.74, 6) is -0.178. The van der Waals surface area contributed by atoms with Gasteiger partial charge in [-0.2, -0.15) is 5.10 Å². The lowest BCUT2D eigenvalue weighted by atomic mass is 10.1. The lowest BCUT2D eigenvalue weighted by Gasteiger charge is -2.08. The molecule has 19 heavy (non-hydrogen) atoms. The molecule has 0 saturated carbocycles. The Morgan fingerprint density at radius 3 is 3.00 bits per heavy atom. The number of aromatic nitrogens is 2. The summed E-state index contributed by atoms with van der Waals surface area (Å²) >= 11 is 0. The summed E-state index contributed by atoms with van der Waals surface area (Å²) in [6.45, 7) is 2.43. The van der Waals surface area contributed by atoms with Crippen LogP contribution in [-0.4, -0.2) is 10.2 Å². The van der Waals surface area contributed by atoms with E-state index < -0.39 is 0 Å². The summed E-state index contributed by atoms with van der Waals surface area (Å²) in [6, 6.07) is 11.0. The van der Waals surface area contributed by atoms with Crippen molar-refractivity contribution in [3.63, 3.8) is 0 Å². The number of hydrogen-bond donors (Lipinski definition) is 2. The van der Waals surface area contributed by atoms with Gasteiger partial charge in [-0.3, -0.25) is 5.10 Å². The number of halogens is 1. The Morgan fingerprint density at radius 1 is 1.21 bits per heavy atom. The number of aromatic amines is 1. The maximum atomic E-state index is 13.6. The van der Waals surface area contributed by atoms with Crippen molar-refractivity contribution in [2.45, 2.75) is 13.5 Å². The summed E-state index contributed by atoms with van der Waals surface area (Å²) in [4.78, 5) is 0. The lowest BCUT2D eigenvalue weighted by Crippen LogP contribution is -2.02. The van der Waals surface area contributed by atoms with Gasteiger partial charge in [0.25, 0.3) is 0 Å². The van der Waals surface area contributed by atoms with Crippen molar-refractivity contribution in [1.82, 2.24) is 10.2 Å². The summed E-state index contributed by atoms with van der Waals surface area (Å²) in [7, 11) is 0. The van der Waals surface area contributed by atoms with Crippen LogP contribution >= 0.6 is 0 Å². The van der Waals surface area contributed by atoms with Gasteiger partial charge in [0.2, 0.25) is 0 Å². The van der Waals surface area contributed by atoms with Gasteiger partial charge < -0.3 is 5.32 Å². The molecule has 0 saturated heterocycles. The first kappa shape index (κ1) is 11.7. The zero-order valence-electron chi connectivity index (χ0n) is 10.6. The smallest absolute Gasteiger partial charge is 0.128 e. The second-order valence-electron chi connectivity index (χ2n) is 4.62. The zero-order valence-corrected chi connectivity index (χ0v) is 10.6. The van der Waals surface area contributed by atoms with Gasteiger partial charge in [0.1, 0.15) is 5.82 Å². The van der Waals surface area contributed by atoms with E-state index in [0.29, 0.717) is 12.1 Å². The lowest BCUT2D eigenvalue weighted by molar-refractivity contribution is 0.612. The number of nitrogens with zero attached hydrogens (tertiary/aromatic N) is 1. The van der Waals surface area contributed by atoms with Crippen LogP contribution in [0.3, 0.4) is 0 Å². The number of H-pyrrole nitrogens is 1. The molecule has 3 nitrogen and oxygen atoms in total. The number of rotatable bonds is 3. The fourth-order valence-corrected chi connectivity index (χ4v) is 2.09. The van der Waals surface area contributed by atoms with E-state index in [9.17, 15) is 4.39 Å². The van der Waals surface area contributed by atoms with Crippen LogP contribution in [0.4, 0.5) is 10.1 Å². The van der Waals surface area contributed by atoms with Crippen LogP contribution in [0.5, 0.6) is 0 Å². The normalized spacial score (nSPS) is 10.8. The number of fused-ring (bicyclic) bond motifs is 1. The van der Waals surface area contributed by atoms with E-state index in [2.05, 4.69) is 15.5 Å². The van der Waals surface area contributed by atoms with Gasteiger partial charge in [-0.05, 0) is 31.2 Å². The van der Waals surface area contributed by atoms with Gasteiger partial charge in [-0.1, -0.05) is 17.7 Å². The maximum Gasteiger partial charge on any atom is 0.128 e. The fourth-order valence-electron chi connectivity index (χ4n) is 2.09. The Bertz CT molecular complexity index is 718. The predicted octanol–water partition coefficient (Wildman–Crippen LogP) is 3.62. The largest absolute Gasteiger partial charge is 0.381 e. The van der Waals surface area contributed by atoms with Gasteiger partial charge >= 0.3 is 0 Å². The van der Waals surface area contributed by atoms with E-state index in [1.54, 1.807) is 12.3 Å². The van der Waals surface area contributed by atoms with Crippen molar-refractivity contribution in [3.05, 3.63) is 59.5 Å². The zero-order chi connectivity index (χ0) is 13.2. The van der Waals surface area contributed by atoms with E-state index in [-0.39, 0.29) is 5.82 Å². The molecule has 4 heteroatoms. The Balaban J connectivity index is 1.79. The summed E-state index contributed by atoms with van der Waals surface area (Å²) in [5.41, 5.74) is 3.68. The third kappa shape index (κ3) is 2.42. The van der Waals surface area contributed by atoms with Crippen LogP contribution in [-0.2, 0) is 6.54 Å². The molecule has 0 unspecified atom stereocenters. The summed E-state index contributed by atoms with van der Waals surface area (Å²) in [5, 5.41) is 11.1. The number of aryl methyl sites for hydroxylation is 1. The molecule has 3 aromatic rings. The molecule has 0 amide bonds. The topological polar surface area (TPSA) is 40.7 Å². The molecule has 1 heterocycles. The Labute approximate surface area is 110 Å². The first-order valence-corrected chi connectivity index (χ1v) is 6.14. The highest BCUT2D eigenvalue weighted by Gasteiger charge is 2.03. The second-order valence-corrected chi connectivity index (χ2v) is 4.62. The van der Waals surface area contributed by atoms with Gasteiger partial charge in [-0.25, -0.2) is 4.39 Å². The van der Waals surface area contributed by atoms with Crippen LogP contribution < -0.4 is 5.32 Å². The fraction of sp³-hybridized carbons (Fsp3) is 0.133. The highest BCUT2D eigenvalue weighted by molar-refractivity contribution is 5.81. The standard InChI is InChI=1S/C15H14FN3/c1-10-2-4-14(16)11(6-10)8-17-13-3-5-15-12(7-13)9-18-19-15/h2-7,9,17H,8H2,1H3,(H,18,19). The number of hydrogen-bond acceptors (Lipinski definition) is 2. The number of anilines is 1. The van der Waals surface area contributed by atoms with Crippen molar-refractivity contribution in [2.75, 3.05) is 5.32 Å². The minimum absolute atomic E-state index is 0.178. The van der Waals surface area contributed by atoms with Crippen molar-refractivity contribution < 1.29 is 4.39 Å². The van der Waals surface area contributed by atoms with Gasteiger partial charge in [0.05, 0.1) is 11.7 Å². The molecule has 0 aliphatic heterocycles. The Hall–Kier alpha value is -2.36. The first-order chi connectivity index (χ1) is 9.22. The van der Waals surface area contributed by atoms with Gasteiger partial charge in [-0.15, -0.1) is 0 Å². The second kappa shape index (κ2) is 4.72. The van der Waals surface area contributed by atoms with E-state index in [1.165, 1.54) is 6.07 Å². The summed E-state index contributed by atoms with van der Waals surface area (Å²) < 4.78 is 13.6. The molecular weight excluding hydrogens is 241 g/mol. The molecule has 2 aromatic carbocycles. The van der Waals surface area contributed by atoms with Crippen molar-refractivity contribution >= 4 is 16.6 Å². The Morgan fingerprint density at radius 2 is 2.11 bits per heavy atom. The van der Waals surface area contributed by atoms with E-state index in [1.807, 2.05) is 31.2 Å². The molecule has 0 atom stereocenters. The average Bonchev–Trinajstić information content (AvgIpc) is 2.87. The predicted molar refractivity (Wildman–Crippen MR) is 74.6 cm³/mol. The average molecular weight is 255 g/mol. The molecule has 0 spiro atoms. The number of benzene rings is 2. The molecule has 0 bridgehead atoms. The molecule has 1 aromatic heterocycles. The molecule has 96 valence electrons. The highest BCUT2D eigenvalue weighted by Crippen LogP contribution is 2.18. The van der Waals surface area contributed by atoms with Crippen molar-refractivity contribution in [3.8, 4) is 0 Å². The van der Waals surface area contributed by atoms with Crippen LogP contribution in [0.25, 0.3) is 10.9 Å². The van der Waals surface area contributed by atoms with Crippen molar-refractivity contribution in [2.24, 2.45) is 0 Å². The minimum atomic E-state index is -0.178. The number of nitrogens with one attached hydrogen (secondary N) is 2. The van der Waals surface area contributed by atoms with Crippen LogP contribution in [0, 0.1) is 12.7 Å². The monoisotopic (exact) mass is 255 g/mol. The highest BCUT2D eigenvalue weighted by atomic mass is 19.1. The van der Waals surface area contributed by atoms with Crippen LogP contribution in [0.15, 0.2) is 42.6 Å². The third-order valence-corrected chi connectivity index (χ3v) is 3.12. The SMILES string of the molecule is Cc1ccc(F)c(CNc2ccc3[nH]ncc3c2)c1. The molecule has 0 fully saturated rings. The maximum absolute atomic E-state index is 13.6. The molecule has 0 aliphatic rings. The van der Waals surface area contributed by atoms with E-state index in [4.69, 9.17) is 0 Å². The Kier molecular flexibility index (Phi) is 2.91.